The number of anilines is 1. The van der Waals surface area contributed by atoms with Crippen molar-refractivity contribution in [2.75, 3.05) is 11.9 Å². The van der Waals surface area contributed by atoms with Gasteiger partial charge in [-0.25, -0.2) is 9.37 Å². The van der Waals surface area contributed by atoms with Crippen LogP contribution >= 0.6 is 0 Å². The molecule has 1 aliphatic heterocycles. The minimum Gasteiger partial charge on any atom is -0.348 e. The highest BCUT2D eigenvalue weighted by atomic mass is 19.1. The number of aromatic nitrogens is 2. The monoisotopic (exact) mass is 392 g/mol. The van der Waals surface area contributed by atoms with Crippen molar-refractivity contribution >= 4 is 17.5 Å². The number of H-pyrrole nitrogens is 1. The van der Waals surface area contributed by atoms with Gasteiger partial charge in [-0.05, 0) is 48.2 Å². The molecule has 0 unspecified atom stereocenters. The third-order valence-corrected chi connectivity index (χ3v) is 5.08. The van der Waals surface area contributed by atoms with Gasteiger partial charge in [-0.15, -0.1) is 0 Å². The van der Waals surface area contributed by atoms with Gasteiger partial charge in [-0.3, -0.25) is 9.59 Å². The maximum absolute atomic E-state index is 13.4. The van der Waals surface area contributed by atoms with Crippen molar-refractivity contribution in [2.24, 2.45) is 0 Å². The average Bonchev–Trinajstić information content (AvgIpc) is 3.40. The van der Waals surface area contributed by atoms with Crippen LogP contribution in [0.25, 0.3) is 11.1 Å². The van der Waals surface area contributed by atoms with Crippen LogP contribution in [-0.2, 0) is 16.0 Å². The Hall–Kier alpha value is -3.48. The molecule has 2 amide bonds. The number of carbonyl (C=O) groups is 2. The van der Waals surface area contributed by atoms with E-state index in [1.807, 2.05) is 18.2 Å². The number of halogens is 1. The van der Waals surface area contributed by atoms with E-state index < -0.39 is 6.04 Å². The molecule has 0 spiro atoms. The van der Waals surface area contributed by atoms with Crippen LogP contribution in [0.4, 0.5) is 10.1 Å². The number of aromatic amines is 1. The molecular weight excluding hydrogens is 371 g/mol. The highest BCUT2D eigenvalue weighted by Crippen LogP contribution is 2.24. The Morgan fingerprint density at radius 3 is 2.72 bits per heavy atom. The summed E-state index contributed by atoms with van der Waals surface area (Å²) in [5.41, 5.74) is 3.01. The number of nitrogens with zero attached hydrogens (tertiary/aromatic N) is 2. The zero-order valence-electron chi connectivity index (χ0n) is 15.8. The molecule has 4 rings (SSSR count). The van der Waals surface area contributed by atoms with Crippen molar-refractivity contribution in [3.63, 3.8) is 0 Å². The Morgan fingerprint density at radius 1 is 1.17 bits per heavy atom. The molecule has 0 saturated carbocycles. The number of nitrogens with one attached hydrogen (secondary N) is 2. The average molecular weight is 392 g/mol. The molecule has 7 heteroatoms. The Kier molecular flexibility index (Phi) is 5.37. The Labute approximate surface area is 167 Å². The lowest BCUT2D eigenvalue weighted by molar-refractivity contribution is -0.136. The first-order chi connectivity index (χ1) is 14.1. The number of imidazole rings is 1. The summed E-state index contributed by atoms with van der Waals surface area (Å²) in [6.07, 6.45) is 4.78. The lowest BCUT2D eigenvalue weighted by Gasteiger charge is -2.24. The lowest BCUT2D eigenvalue weighted by Crippen LogP contribution is -2.43. The van der Waals surface area contributed by atoms with Gasteiger partial charge in [0.25, 0.3) is 0 Å². The first-order valence-corrected chi connectivity index (χ1v) is 9.54. The number of hydrogen-bond acceptors (Lipinski definition) is 3. The Balaban J connectivity index is 1.41. The zero-order valence-corrected chi connectivity index (χ0v) is 15.8. The maximum Gasteiger partial charge on any atom is 0.247 e. The smallest absolute Gasteiger partial charge is 0.247 e. The van der Waals surface area contributed by atoms with Crippen LogP contribution < -0.4 is 5.32 Å². The number of amides is 2. The summed E-state index contributed by atoms with van der Waals surface area (Å²) in [7, 11) is 0. The Morgan fingerprint density at radius 2 is 2.00 bits per heavy atom. The van der Waals surface area contributed by atoms with Gasteiger partial charge < -0.3 is 15.2 Å². The molecular formula is C22H21FN4O2. The molecule has 6 nitrogen and oxygen atoms in total. The van der Waals surface area contributed by atoms with E-state index in [4.69, 9.17) is 0 Å². The van der Waals surface area contributed by atoms with Crippen LogP contribution in [0.5, 0.6) is 0 Å². The fourth-order valence-electron chi connectivity index (χ4n) is 3.62. The van der Waals surface area contributed by atoms with E-state index >= 15 is 0 Å². The molecule has 148 valence electrons. The highest BCUT2D eigenvalue weighted by Gasteiger charge is 2.34. The Bertz CT molecular complexity index is 1000. The quantitative estimate of drug-likeness (QED) is 0.699. The van der Waals surface area contributed by atoms with E-state index in [-0.39, 0.29) is 24.1 Å². The number of carbonyl (C=O) groups excluding carboxylic acids is 2. The number of rotatable bonds is 5. The van der Waals surface area contributed by atoms with Crippen molar-refractivity contribution in [2.45, 2.75) is 25.3 Å². The van der Waals surface area contributed by atoms with Crippen LogP contribution in [0.15, 0.2) is 61.1 Å². The van der Waals surface area contributed by atoms with Gasteiger partial charge in [0.1, 0.15) is 11.9 Å². The van der Waals surface area contributed by atoms with Gasteiger partial charge >= 0.3 is 0 Å². The molecule has 1 saturated heterocycles. The number of benzene rings is 2. The van der Waals surface area contributed by atoms with Crippen LogP contribution in [0.2, 0.25) is 0 Å². The lowest BCUT2D eigenvalue weighted by atomic mass is 10.1. The first kappa shape index (κ1) is 18.9. The predicted molar refractivity (Wildman–Crippen MR) is 107 cm³/mol. The van der Waals surface area contributed by atoms with Crippen molar-refractivity contribution in [3.8, 4) is 11.1 Å². The van der Waals surface area contributed by atoms with Crippen LogP contribution in [0.3, 0.4) is 0 Å². The molecule has 1 fully saturated rings. The fraction of sp³-hybridized carbons (Fsp3) is 0.227. The highest BCUT2D eigenvalue weighted by molar-refractivity contribution is 5.97. The number of hydrogen-bond donors (Lipinski definition) is 2. The summed E-state index contributed by atoms with van der Waals surface area (Å²) < 4.78 is 13.4. The van der Waals surface area contributed by atoms with Gasteiger partial charge in [0.15, 0.2) is 0 Å². The fourth-order valence-corrected chi connectivity index (χ4v) is 3.62. The van der Waals surface area contributed by atoms with E-state index in [9.17, 15) is 14.0 Å². The normalized spacial score (nSPS) is 16.0. The molecule has 3 aromatic rings. The van der Waals surface area contributed by atoms with Gasteiger partial charge in [0, 0.05) is 24.1 Å². The second-order valence-electron chi connectivity index (χ2n) is 7.08. The van der Waals surface area contributed by atoms with Gasteiger partial charge in [-0.2, -0.15) is 0 Å². The van der Waals surface area contributed by atoms with Gasteiger partial charge in [-0.1, -0.05) is 24.3 Å². The molecule has 0 radical (unpaired) electrons. The van der Waals surface area contributed by atoms with Crippen molar-refractivity contribution in [1.29, 1.82) is 0 Å². The van der Waals surface area contributed by atoms with Crippen molar-refractivity contribution in [1.82, 2.24) is 14.9 Å². The van der Waals surface area contributed by atoms with Gasteiger partial charge in [0.2, 0.25) is 11.8 Å². The van der Waals surface area contributed by atoms with E-state index in [0.717, 1.165) is 23.2 Å². The molecule has 29 heavy (non-hydrogen) atoms. The summed E-state index contributed by atoms with van der Waals surface area (Å²) in [5, 5.41) is 2.89. The number of likely N-dealkylation sites (tertiary alicyclic amines) is 1. The van der Waals surface area contributed by atoms with E-state index in [1.165, 1.54) is 18.5 Å². The van der Waals surface area contributed by atoms with Crippen LogP contribution in [-0.4, -0.2) is 39.3 Å². The summed E-state index contributed by atoms with van der Waals surface area (Å²) in [6.45, 7) is 0.573. The molecule has 0 bridgehead atoms. The van der Waals surface area contributed by atoms with Gasteiger partial charge in [0.05, 0.1) is 12.7 Å². The SMILES string of the molecule is O=C(Nc1ccc(-c2cccc(F)c2)cc1)[C@@H]1CCCN1C(=O)Cc1cnc[nH]1. The molecule has 2 N–H and O–H groups in total. The minimum atomic E-state index is -0.478. The minimum absolute atomic E-state index is 0.0895. The van der Waals surface area contributed by atoms with E-state index in [2.05, 4.69) is 15.3 Å². The molecule has 1 aromatic heterocycles. The summed E-state index contributed by atoms with van der Waals surface area (Å²) in [4.78, 5) is 33.8. The zero-order chi connectivity index (χ0) is 20.2. The second kappa shape index (κ2) is 8.26. The van der Waals surface area contributed by atoms with E-state index in [1.54, 1.807) is 29.3 Å². The van der Waals surface area contributed by atoms with Crippen LogP contribution in [0, 0.1) is 5.82 Å². The molecule has 1 atom stereocenters. The largest absolute Gasteiger partial charge is 0.348 e. The van der Waals surface area contributed by atoms with Crippen molar-refractivity contribution < 1.29 is 14.0 Å². The second-order valence-corrected chi connectivity index (χ2v) is 7.08. The summed E-state index contributed by atoms with van der Waals surface area (Å²) >= 11 is 0. The molecule has 2 heterocycles. The molecule has 1 aliphatic rings. The molecule has 2 aromatic carbocycles. The molecule has 0 aliphatic carbocycles. The summed E-state index contributed by atoms with van der Waals surface area (Å²) in [6, 6.07) is 13.1. The standard InChI is InChI=1S/C22H21FN4O2/c23-17-4-1-3-16(11-17)15-6-8-18(9-7-15)26-22(29)20-5-2-10-27(20)21(28)12-19-13-24-14-25-19/h1,3-4,6-9,11,13-14,20H,2,5,10,12H2,(H,24,25)(H,26,29)/t20-/m0/s1. The third kappa shape index (κ3) is 4.34. The third-order valence-electron chi connectivity index (χ3n) is 5.08. The van der Waals surface area contributed by atoms with Crippen LogP contribution in [0.1, 0.15) is 18.5 Å². The summed E-state index contributed by atoms with van der Waals surface area (Å²) in [5.74, 6) is -0.576. The first-order valence-electron chi connectivity index (χ1n) is 9.54. The van der Waals surface area contributed by atoms with Crippen molar-refractivity contribution in [3.05, 3.63) is 72.6 Å². The predicted octanol–water partition coefficient (Wildman–Crippen LogP) is 3.39. The maximum atomic E-state index is 13.4. The van der Waals surface area contributed by atoms with E-state index in [0.29, 0.717) is 18.7 Å². The topological polar surface area (TPSA) is 78.1 Å².